The average Bonchev–Trinajstić information content (AvgIpc) is 2.79. The standard InChI is InChI=1S/C23H23F3N4O4/c1-4-5-17(13-18(27)21(31)28-2)34-16-9-7-15(8-10-16)29-22(32)30-19-12-14(23(24,25)26)6-11-20(19)33-3/h4-13H,1,27H2,2-3H3,(H,28,31)(H2,29,30,32)/b17-5+,18-13-. The molecule has 0 aliphatic carbocycles. The van der Waals surface area contributed by atoms with Crippen molar-refractivity contribution in [3.05, 3.63) is 84.3 Å². The molecule has 5 N–H and O–H groups in total. The van der Waals surface area contributed by atoms with Crippen molar-refractivity contribution in [1.82, 2.24) is 5.32 Å². The molecule has 8 nitrogen and oxygen atoms in total. The van der Waals surface area contributed by atoms with Crippen molar-refractivity contribution < 1.29 is 32.2 Å². The molecule has 34 heavy (non-hydrogen) atoms. The van der Waals surface area contributed by atoms with Gasteiger partial charge in [0.05, 0.1) is 18.4 Å². The summed E-state index contributed by atoms with van der Waals surface area (Å²) in [6.07, 6.45) is -0.306. The Balaban J connectivity index is 2.10. The van der Waals surface area contributed by atoms with E-state index >= 15 is 0 Å². The van der Waals surface area contributed by atoms with Crippen LogP contribution in [-0.2, 0) is 11.0 Å². The van der Waals surface area contributed by atoms with E-state index in [0.29, 0.717) is 11.4 Å². The van der Waals surface area contributed by atoms with Crippen molar-refractivity contribution in [3.63, 3.8) is 0 Å². The Morgan fingerprint density at radius 1 is 1.09 bits per heavy atom. The highest BCUT2D eigenvalue weighted by atomic mass is 19.4. The maximum atomic E-state index is 13.0. The molecule has 0 saturated carbocycles. The molecule has 3 amide bonds. The molecule has 2 aromatic rings. The summed E-state index contributed by atoms with van der Waals surface area (Å²) in [5.74, 6) is 0.185. The smallest absolute Gasteiger partial charge is 0.416 e. The Kier molecular flexibility index (Phi) is 8.71. The minimum Gasteiger partial charge on any atom is -0.495 e. The van der Waals surface area contributed by atoms with E-state index in [0.717, 1.165) is 18.2 Å². The minimum atomic E-state index is -4.58. The highest BCUT2D eigenvalue weighted by Crippen LogP contribution is 2.35. The fraction of sp³-hybridized carbons (Fsp3) is 0.130. The predicted octanol–water partition coefficient (Wildman–Crippen LogP) is 4.40. The van der Waals surface area contributed by atoms with Gasteiger partial charge in [-0.25, -0.2) is 4.79 Å². The van der Waals surface area contributed by atoms with Gasteiger partial charge in [0.25, 0.3) is 5.91 Å². The van der Waals surface area contributed by atoms with Gasteiger partial charge in [0.15, 0.2) is 0 Å². The number of allylic oxidation sites excluding steroid dienone is 3. The maximum absolute atomic E-state index is 13.0. The maximum Gasteiger partial charge on any atom is 0.416 e. The van der Waals surface area contributed by atoms with Crippen LogP contribution in [0.25, 0.3) is 0 Å². The number of alkyl halides is 3. The van der Waals surface area contributed by atoms with E-state index in [1.807, 2.05) is 0 Å². The third kappa shape index (κ3) is 7.33. The summed E-state index contributed by atoms with van der Waals surface area (Å²) in [6, 6.07) is 8.05. The van der Waals surface area contributed by atoms with Gasteiger partial charge in [0.1, 0.15) is 23.0 Å². The molecule has 0 aliphatic heterocycles. The van der Waals surface area contributed by atoms with E-state index in [1.54, 1.807) is 0 Å². The normalized spacial score (nSPS) is 11.9. The molecule has 0 atom stereocenters. The van der Waals surface area contributed by atoms with E-state index in [9.17, 15) is 22.8 Å². The molecule has 0 spiro atoms. The third-order valence-electron chi connectivity index (χ3n) is 4.19. The molecule has 2 aromatic carbocycles. The number of nitrogens with two attached hydrogens (primary N) is 1. The average molecular weight is 476 g/mol. The van der Waals surface area contributed by atoms with Crippen LogP contribution in [0.15, 0.2) is 78.7 Å². The van der Waals surface area contributed by atoms with Gasteiger partial charge < -0.3 is 31.2 Å². The van der Waals surface area contributed by atoms with E-state index in [-0.39, 0.29) is 22.9 Å². The number of halogens is 3. The van der Waals surface area contributed by atoms with Gasteiger partial charge in [-0.2, -0.15) is 13.2 Å². The van der Waals surface area contributed by atoms with Crippen molar-refractivity contribution in [2.24, 2.45) is 5.73 Å². The molecule has 11 heteroatoms. The molecule has 2 rings (SSSR count). The second-order valence-corrected chi connectivity index (χ2v) is 6.60. The minimum absolute atomic E-state index is 0.0671. The first-order valence-electron chi connectivity index (χ1n) is 9.70. The Labute approximate surface area is 193 Å². The third-order valence-corrected chi connectivity index (χ3v) is 4.19. The summed E-state index contributed by atoms with van der Waals surface area (Å²) in [5.41, 5.74) is 4.87. The van der Waals surface area contributed by atoms with Crippen LogP contribution >= 0.6 is 0 Å². The zero-order chi connectivity index (χ0) is 25.3. The number of urea groups is 1. The Hall–Kier alpha value is -4.41. The summed E-state index contributed by atoms with van der Waals surface area (Å²) in [6.45, 7) is 3.57. The van der Waals surface area contributed by atoms with E-state index in [2.05, 4.69) is 22.5 Å². The van der Waals surface area contributed by atoms with Crippen LogP contribution in [0.3, 0.4) is 0 Å². The molecule has 0 saturated heterocycles. The van der Waals surface area contributed by atoms with Crippen LogP contribution in [0.2, 0.25) is 0 Å². The Morgan fingerprint density at radius 3 is 2.32 bits per heavy atom. The number of ether oxygens (including phenoxy) is 2. The predicted molar refractivity (Wildman–Crippen MR) is 122 cm³/mol. The molecule has 0 radical (unpaired) electrons. The number of likely N-dealkylation sites (N-methyl/N-ethyl adjacent to an activating group) is 1. The van der Waals surface area contributed by atoms with Crippen LogP contribution < -0.4 is 31.2 Å². The largest absolute Gasteiger partial charge is 0.495 e. The fourth-order valence-electron chi connectivity index (χ4n) is 2.60. The highest BCUT2D eigenvalue weighted by molar-refractivity contribution is 6.00. The molecular formula is C23H23F3N4O4. The van der Waals surface area contributed by atoms with Gasteiger partial charge >= 0.3 is 12.2 Å². The lowest BCUT2D eigenvalue weighted by Gasteiger charge is -2.14. The monoisotopic (exact) mass is 476 g/mol. The SMILES string of the molecule is C=C/C=C(\C=C(/N)C(=O)NC)Oc1ccc(NC(=O)Nc2cc(C(F)(F)F)ccc2OC)cc1. The molecule has 180 valence electrons. The number of benzene rings is 2. The Bertz CT molecular complexity index is 1110. The second-order valence-electron chi connectivity index (χ2n) is 6.60. The number of methoxy groups -OCH3 is 1. The number of hydrogen-bond donors (Lipinski definition) is 4. The van der Waals surface area contributed by atoms with Gasteiger partial charge in [-0.05, 0) is 48.5 Å². The van der Waals surface area contributed by atoms with Crippen LogP contribution in [0.4, 0.5) is 29.3 Å². The van der Waals surface area contributed by atoms with Crippen molar-refractivity contribution >= 4 is 23.3 Å². The molecule has 0 aromatic heterocycles. The van der Waals surface area contributed by atoms with Gasteiger partial charge in [0, 0.05) is 18.8 Å². The lowest BCUT2D eigenvalue weighted by atomic mass is 10.2. The van der Waals surface area contributed by atoms with Gasteiger partial charge in [0.2, 0.25) is 0 Å². The lowest BCUT2D eigenvalue weighted by Crippen LogP contribution is -2.25. The van der Waals surface area contributed by atoms with Crippen molar-refractivity contribution in [1.29, 1.82) is 0 Å². The summed E-state index contributed by atoms with van der Waals surface area (Å²) in [4.78, 5) is 23.9. The number of anilines is 2. The summed E-state index contributed by atoms with van der Waals surface area (Å²) < 4.78 is 49.6. The van der Waals surface area contributed by atoms with Gasteiger partial charge in [-0.1, -0.05) is 12.7 Å². The molecule has 0 bridgehead atoms. The van der Waals surface area contributed by atoms with E-state index in [4.69, 9.17) is 15.2 Å². The summed E-state index contributed by atoms with van der Waals surface area (Å²) in [7, 11) is 2.71. The Morgan fingerprint density at radius 2 is 1.76 bits per heavy atom. The zero-order valence-corrected chi connectivity index (χ0v) is 18.3. The molecule has 0 aliphatic rings. The first kappa shape index (κ1) is 25.8. The van der Waals surface area contributed by atoms with Gasteiger partial charge in [-0.15, -0.1) is 0 Å². The number of carbonyl (C=O) groups excluding carboxylic acids is 2. The molecular weight excluding hydrogens is 453 g/mol. The zero-order valence-electron chi connectivity index (χ0n) is 18.3. The first-order valence-corrected chi connectivity index (χ1v) is 9.70. The van der Waals surface area contributed by atoms with Crippen molar-refractivity contribution in [2.45, 2.75) is 6.18 Å². The number of hydrogen-bond acceptors (Lipinski definition) is 5. The lowest BCUT2D eigenvalue weighted by molar-refractivity contribution is -0.137. The fourth-order valence-corrected chi connectivity index (χ4v) is 2.60. The second kappa shape index (κ2) is 11.5. The molecule has 0 heterocycles. The molecule has 0 fully saturated rings. The van der Waals surface area contributed by atoms with Gasteiger partial charge in [-0.3, -0.25) is 4.79 Å². The number of amides is 3. The van der Waals surface area contributed by atoms with Crippen LogP contribution in [0, 0.1) is 0 Å². The van der Waals surface area contributed by atoms with Crippen LogP contribution in [0.5, 0.6) is 11.5 Å². The molecule has 0 unspecified atom stereocenters. The number of carbonyl (C=O) groups is 2. The quantitative estimate of drug-likeness (QED) is 0.256. The topological polar surface area (TPSA) is 115 Å². The van der Waals surface area contributed by atoms with Crippen molar-refractivity contribution in [2.75, 3.05) is 24.8 Å². The van der Waals surface area contributed by atoms with Crippen LogP contribution in [-0.4, -0.2) is 26.1 Å². The first-order chi connectivity index (χ1) is 16.1. The van der Waals surface area contributed by atoms with E-state index in [1.165, 1.54) is 56.7 Å². The summed E-state index contributed by atoms with van der Waals surface area (Å²) >= 11 is 0. The van der Waals surface area contributed by atoms with E-state index < -0.39 is 23.7 Å². The van der Waals surface area contributed by atoms with Crippen molar-refractivity contribution in [3.8, 4) is 11.5 Å². The number of rotatable bonds is 8. The highest BCUT2D eigenvalue weighted by Gasteiger charge is 2.31. The number of nitrogens with one attached hydrogen (secondary N) is 3. The summed E-state index contributed by atoms with van der Waals surface area (Å²) in [5, 5.41) is 7.23. The van der Waals surface area contributed by atoms with Crippen LogP contribution in [0.1, 0.15) is 5.56 Å².